The van der Waals surface area contributed by atoms with Crippen molar-refractivity contribution in [2.45, 2.75) is 38.1 Å². The van der Waals surface area contributed by atoms with Crippen LogP contribution >= 0.6 is 0 Å². The van der Waals surface area contributed by atoms with E-state index in [0.29, 0.717) is 32.2 Å². The Hall–Kier alpha value is -1.59. The van der Waals surface area contributed by atoms with E-state index in [-0.39, 0.29) is 23.8 Å². The van der Waals surface area contributed by atoms with E-state index >= 15 is 0 Å². The average Bonchev–Trinajstić information content (AvgIpc) is 2.61. The number of hydrogen-bond donors (Lipinski definition) is 1. The molecule has 0 atom stereocenters. The van der Waals surface area contributed by atoms with Crippen LogP contribution in [-0.4, -0.2) is 42.0 Å². The number of likely N-dealkylation sites (N-methyl/N-ethyl adjacent to an activating group) is 1. The van der Waals surface area contributed by atoms with Crippen LogP contribution in [0.15, 0.2) is 0 Å². The summed E-state index contributed by atoms with van der Waals surface area (Å²) in [5.41, 5.74) is -0.780. The van der Waals surface area contributed by atoms with Gasteiger partial charge < -0.3 is 10.1 Å². The number of ether oxygens (including phenoxy) is 1. The van der Waals surface area contributed by atoms with Gasteiger partial charge in [0.05, 0.1) is 13.0 Å². The number of carbonyl (C=O) groups is 3. The molecule has 18 heavy (non-hydrogen) atoms. The van der Waals surface area contributed by atoms with Gasteiger partial charge in [-0.25, -0.2) is 4.79 Å². The van der Waals surface area contributed by atoms with Crippen LogP contribution < -0.4 is 5.32 Å². The van der Waals surface area contributed by atoms with E-state index in [1.807, 2.05) is 0 Å². The zero-order valence-electron chi connectivity index (χ0n) is 10.7. The van der Waals surface area contributed by atoms with E-state index in [2.05, 4.69) is 5.32 Å². The van der Waals surface area contributed by atoms with Crippen LogP contribution in [0.1, 0.15) is 32.6 Å². The second-order valence-corrected chi connectivity index (χ2v) is 4.86. The second-order valence-electron chi connectivity index (χ2n) is 4.86. The number of esters is 1. The third-order valence-corrected chi connectivity index (χ3v) is 3.94. The van der Waals surface area contributed by atoms with Gasteiger partial charge in [-0.15, -0.1) is 0 Å². The lowest BCUT2D eigenvalue weighted by molar-refractivity contribution is -0.148. The molecule has 0 unspecified atom stereocenters. The highest BCUT2D eigenvalue weighted by molar-refractivity contribution is 6.07. The minimum Gasteiger partial charge on any atom is -0.469 e. The monoisotopic (exact) mass is 254 g/mol. The van der Waals surface area contributed by atoms with Gasteiger partial charge in [-0.2, -0.15) is 0 Å². The molecule has 2 fully saturated rings. The van der Waals surface area contributed by atoms with Crippen LogP contribution in [-0.2, 0) is 14.3 Å². The topological polar surface area (TPSA) is 75.7 Å². The number of carbonyl (C=O) groups excluding carboxylic acids is 3. The molecule has 0 aromatic carbocycles. The molecular formula is C12H18N2O4. The number of imide groups is 1. The molecule has 0 aromatic rings. The molecule has 2 rings (SSSR count). The summed E-state index contributed by atoms with van der Waals surface area (Å²) in [7, 11) is 1.37. The highest BCUT2D eigenvalue weighted by Crippen LogP contribution is 2.36. The Bertz CT molecular complexity index is 386. The van der Waals surface area contributed by atoms with E-state index in [9.17, 15) is 14.4 Å². The first-order chi connectivity index (χ1) is 8.54. The van der Waals surface area contributed by atoms with E-state index in [4.69, 9.17) is 4.74 Å². The Morgan fingerprint density at radius 1 is 1.44 bits per heavy atom. The Morgan fingerprint density at radius 3 is 2.50 bits per heavy atom. The molecule has 1 aliphatic heterocycles. The first-order valence-corrected chi connectivity index (χ1v) is 6.26. The number of hydrogen-bond acceptors (Lipinski definition) is 4. The summed E-state index contributed by atoms with van der Waals surface area (Å²) in [6.07, 6.45) is 2.17. The van der Waals surface area contributed by atoms with Crippen LogP contribution in [0, 0.1) is 5.92 Å². The summed E-state index contributed by atoms with van der Waals surface area (Å²) >= 11 is 0. The zero-order valence-corrected chi connectivity index (χ0v) is 10.7. The van der Waals surface area contributed by atoms with Crippen LogP contribution in [0.2, 0.25) is 0 Å². The lowest BCUT2D eigenvalue weighted by Crippen LogP contribution is -2.50. The van der Waals surface area contributed by atoms with Crippen LogP contribution in [0.3, 0.4) is 0 Å². The molecule has 1 aliphatic carbocycles. The summed E-state index contributed by atoms with van der Waals surface area (Å²) in [4.78, 5) is 36.5. The molecule has 3 amide bonds. The number of urea groups is 1. The number of nitrogens with one attached hydrogen (secondary N) is 1. The summed E-state index contributed by atoms with van der Waals surface area (Å²) in [5.74, 6) is -0.534. The molecule has 1 N–H and O–H groups in total. The third kappa shape index (κ3) is 1.85. The van der Waals surface area contributed by atoms with Crippen molar-refractivity contribution in [2.75, 3.05) is 13.7 Å². The van der Waals surface area contributed by atoms with E-state index in [1.54, 1.807) is 6.92 Å². The Morgan fingerprint density at radius 2 is 2.06 bits per heavy atom. The summed E-state index contributed by atoms with van der Waals surface area (Å²) < 4.78 is 4.71. The van der Waals surface area contributed by atoms with Crippen molar-refractivity contribution < 1.29 is 19.1 Å². The fraction of sp³-hybridized carbons (Fsp3) is 0.750. The molecule has 0 aromatic heterocycles. The van der Waals surface area contributed by atoms with E-state index < -0.39 is 5.54 Å². The largest absolute Gasteiger partial charge is 0.469 e. The summed E-state index contributed by atoms with van der Waals surface area (Å²) in [6.45, 7) is 2.16. The normalized spacial score (nSPS) is 31.7. The molecule has 1 heterocycles. The predicted molar refractivity (Wildman–Crippen MR) is 62.6 cm³/mol. The van der Waals surface area contributed by atoms with E-state index in [0.717, 1.165) is 0 Å². The van der Waals surface area contributed by atoms with Crippen LogP contribution in [0.25, 0.3) is 0 Å². The predicted octanol–water partition coefficient (Wildman–Crippen LogP) is 0.660. The second kappa shape index (κ2) is 4.59. The first kappa shape index (κ1) is 12.9. The molecule has 0 bridgehead atoms. The van der Waals surface area contributed by atoms with Gasteiger partial charge in [0.2, 0.25) is 0 Å². The van der Waals surface area contributed by atoms with Gasteiger partial charge in [-0.05, 0) is 32.6 Å². The fourth-order valence-corrected chi connectivity index (χ4v) is 2.82. The fourth-order valence-electron chi connectivity index (χ4n) is 2.82. The molecule has 1 spiro atoms. The van der Waals surface area contributed by atoms with Crippen molar-refractivity contribution in [3.63, 3.8) is 0 Å². The first-order valence-electron chi connectivity index (χ1n) is 6.26. The van der Waals surface area contributed by atoms with Crippen molar-refractivity contribution in [1.29, 1.82) is 0 Å². The van der Waals surface area contributed by atoms with Gasteiger partial charge >= 0.3 is 12.0 Å². The molecule has 1 saturated heterocycles. The quantitative estimate of drug-likeness (QED) is 0.580. The molecule has 2 aliphatic rings. The SMILES string of the molecule is CCN1C(=O)NC2(CCC(C(=O)OC)CC2)C1=O. The lowest BCUT2D eigenvalue weighted by Gasteiger charge is -2.33. The molecular weight excluding hydrogens is 236 g/mol. The van der Waals surface area contributed by atoms with Gasteiger partial charge in [0.1, 0.15) is 5.54 Å². The summed E-state index contributed by atoms with van der Waals surface area (Å²) in [5, 5.41) is 2.78. The average molecular weight is 254 g/mol. The van der Waals surface area contributed by atoms with Crippen LogP contribution in [0.5, 0.6) is 0 Å². The van der Waals surface area contributed by atoms with Crippen LogP contribution in [0.4, 0.5) is 4.79 Å². The number of nitrogens with zero attached hydrogens (tertiary/aromatic N) is 1. The number of amides is 3. The van der Waals surface area contributed by atoms with Gasteiger partial charge in [-0.1, -0.05) is 0 Å². The molecule has 6 heteroatoms. The lowest BCUT2D eigenvalue weighted by atomic mass is 9.76. The molecule has 6 nitrogen and oxygen atoms in total. The highest BCUT2D eigenvalue weighted by Gasteiger charge is 2.52. The van der Waals surface area contributed by atoms with E-state index in [1.165, 1.54) is 12.0 Å². The molecule has 0 radical (unpaired) electrons. The minimum atomic E-state index is -0.780. The third-order valence-electron chi connectivity index (χ3n) is 3.94. The van der Waals surface area contributed by atoms with Crippen molar-refractivity contribution in [2.24, 2.45) is 5.92 Å². The maximum absolute atomic E-state index is 12.2. The smallest absolute Gasteiger partial charge is 0.325 e. The number of methoxy groups -OCH3 is 1. The minimum absolute atomic E-state index is 0.152. The van der Waals surface area contributed by atoms with Crippen molar-refractivity contribution in [1.82, 2.24) is 10.2 Å². The highest BCUT2D eigenvalue weighted by atomic mass is 16.5. The van der Waals surface area contributed by atoms with Gasteiger partial charge in [0.25, 0.3) is 5.91 Å². The Labute approximate surface area is 106 Å². The van der Waals surface area contributed by atoms with Crippen molar-refractivity contribution in [3.8, 4) is 0 Å². The van der Waals surface area contributed by atoms with Gasteiger partial charge in [-0.3, -0.25) is 14.5 Å². The standard InChI is InChI=1S/C12H18N2O4/c1-3-14-10(16)12(13-11(14)17)6-4-8(5-7-12)9(15)18-2/h8H,3-7H2,1-2H3,(H,13,17). The van der Waals surface area contributed by atoms with Crippen molar-refractivity contribution >= 4 is 17.9 Å². The zero-order chi connectivity index (χ0) is 13.3. The summed E-state index contributed by atoms with van der Waals surface area (Å²) in [6, 6.07) is -0.320. The van der Waals surface area contributed by atoms with Gasteiger partial charge in [0, 0.05) is 6.54 Å². The van der Waals surface area contributed by atoms with Gasteiger partial charge in [0.15, 0.2) is 0 Å². The van der Waals surface area contributed by atoms with Crippen molar-refractivity contribution in [3.05, 3.63) is 0 Å². The Balaban J connectivity index is 2.07. The molecule has 100 valence electrons. The maximum atomic E-state index is 12.2. The molecule has 1 saturated carbocycles. The number of rotatable bonds is 2. The maximum Gasteiger partial charge on any atom is 0.325 e. The Kier molecular flexibility index (Phi) is 3.28.